The number of hydrogen-bond acceptors (Lipinski definition) is 6. The van der Waals surface area contributed by atoms with E-state index in [1.165, 1.54) is 0 Å². The van der Waals surface area contributed by atoms with Crippen molar-refractivity contribution in [1.29, 1.82) is 0 Å². The van der Waals surface area contributed by atoms with Gasteiger partial charge >= 0.3 is 11.3 Å². The van der Waals surface area contributed by atoms with Crippen molar-refractivity contribution in [2.24, 2.45) is 11.8 Å². The van der Waals surface area contributed by atoms with Crippen molar-refractivity contribution < 1.29 is 18.3 Å². The lowest BCUT2D eigenvalue weighted by molar-refractivity contribution is 0.396. The lowest BCUT2D eigenvalue weighted by Crippen LogP contribution is -2.18. The highest BCUT2D eigenvalue weighted by Crippen LogP contribution is 2.40. The lowest BCUT2D eigenvalue weighted by Gasteiger charge is -2.28. The first-order chi connectivity index (χ1) is 19.9. The van der Waals surface area contributed by atoms with Crippen LogP contribution in [-0.4, -0.2) is 14.2 Å². The molecule has 41 heavy (non-hydrogen) atoms. The zero-order chi connectivity index (χ0) is 28.2. The number of hydrogen-bond donors (Lipinski definition) is 0. The highest BCUT2D eigenvalue weighted by molar-refractivity contribution is 6.04. The molecule has 5 aromatic rings. The third-order valence-electron chi connectivity index (χ3n) is 8.02. The molecule has 0 fully saturated rings. The first kappa shape index (κ1) is 24.9. The second kappa shape index (κ2) is 9.52. The van der Waals surface area contributed by atoms with Gasteiger partial charge in [0.15, 0.2) is 0 Å². The van der Waals surface area contributed by atoms with E-state index in [0.717, 1.165) is 32.9 Å². The lowest BCUT2D eigenvalue weighted by atomic mass is 9.76. The molecule has 0 bridgehead atoms. The van der Waals surface area contributed by atoms with Crippen LogP contribution in [0.15, 0.2) is 115 Å². The van der Waals surface area contributed by atoms with Gasteiger partial charge in [-0.15, -0.1) is 0 Å². The molecule has 2 atom stereocenters. The molecule has 7 rings (SSSR count). The van der Waals surface area contributed by atoms with E-state index >= 15 is 0 Å². The Morgan fingerprint density at radius 3 is 2.34 bits per heavy atom. The summed E-state index contributed by atoms with van der Waals surface area (Å²) in [6.45, 7) is 2.11. The fourth-order valence-electron chi connectivity index (χ4n) is 5.90. The summed E-state index contributed by atoms with van der Waals surface area (Å²) in [5.41, 5.74) is 3.86. The molecule has 2 aliphatic rings. The van der Waals surface area contributed by atoms with Crippen LogP contribution in [0.2, 0.25) is 0 Å². The second-order valence-corrected chi connectivity index (χ2v) is 10.4. The molecule has 0 saturated carbocycles. The molecule has 0 radical (unpaired) electrons. The number of rotatable bonds is 4. The summed E-state index contributed by atoms with van der Waals surface area (Å²) in [7, 11) is 3.12. The molecular weight excluding hydrogens is 516 g/mol. The minimum absolute atomic E-state index is 0.0387. The number of methoxy groups -OCH3 is 2. The summed E-state index contributed by atoms with van der Waals surface area (Å²) in [6, 6.07) is 19.1. The van der Waals surface area contributed by atoms with Crippen LogP contribution >= 0.6 is 0 Å². The number of ether oxygens (including phenoxy) is 2. The monoisotopic (exact) mass is 542 g/mol. The first-order valence-electron chi connectivity index (χ1n) is 13.4. The predicted octanol–water partition coefficient (Wildman–Crippen LogP) is 7.30. The fraction of sp³-hybridized carbons (Fsp3) is 0.143. The van der Waals surface area contributed by atoms with Crippen LogP contribution in [0.5, 0.6) is 11.5 Å². The van der Waals surface area contributed by atoms with Gasteiger partial charge in [0.1, 0.15) is 22.7 Å². The number of allylic oxidation sites excluding steroid dienone is 8. The third-order valence-corrected chi connectivity index (χ3v) is 8.02. The van der Waals surface area contributed by atoms with Gasteiger partial charge in [-0.3, -0.25) is 0 Å². The summed E-state index contributed by atoms with van der Waals surface area (Å²) in [5, 5.41) is 3.51. The molecule has 0 aliphatic heterocycles. The quantitative estimate of drug-likeness (QED) is 0.175. The maximum absolute atomic E-state index is 13.2. The van der Waals surface area contributed by atoms with E-state index < -0.39 is 5.63 Å². The molecule has 2 unspecified atom stereocenters. The van der Waals surface area contributed by atoms with Crippen LogP contribution in [0.25, 0.3) is 43.9 Å². The van der Waals surface area contributed by atoms with Crippen LogP contribution < -0.4 is 20.7 Å². The molecule has 6 heteroatoms. The first-order valence-corrected chi connectivity index (χ1v) is 13.4. The smallest absolute Gasteiger partial charge is 0.344 e. The van der Waals surface area contributed by atoms with Crippen molar-refractivity contribution in [2.75, 3.05) is 14.2 Å². The Labute approximate surface area is 235 Å². The van der Waals surface area contributed by atoms with Gasteiger partial charge in [-0.1, -0.05) is 73.7 Å². The van der Waals surface area contributed by atoms with Gasteiger partial charge in [0.2, 0.25) is 0 Å². The highest BCUT2D eigenvalue weighted by Gasteiger charge is 2.27. The van der Waals surface area contributed by atoms with E-state index in [0.29, 0.717) is 39.2 Å². The molecular formula is C35H26O6. The Morgan fingerprint density at radius 2 is 1.51 bits per heavy atom. The molecule has 2 aromatic heterocycles. The predicted molar refractivity (Wildman–Crippen MR) is 161 cm³/mol. The normalized spacial score (nSPS) is 18.2. The van der Waals surface area contributed by atoms with Gasteiger partial charge in [0.05, 0.1) is 30.7 Å². The minimum atomic E-state index is -0.432. The van der Waals surface area contributed by atoms with Gasteiger partial charge in [-0.05, 0) is 40.2 Å². The van der Waals surface area contributed by atoms with Gasteiger partial charge in [0.25, 0.3) is 0 Å². The van der Waals surface area contributed by atoms with E-state index in [-0.39, 0.29) is 17.5 Å². The van der Waals surface area contributed by atoms with Crippen molar-refractivity contribution in [3.8, 4) is 11.5 Å². The topological polar surface area (TPSA) is 78.9 Å². The Hall–Kier alpha value is -5.10. The molecule has 0 amide bonds. The van der Waals surface area contributed by atoms with Gasteiger partial charge < -0.3 is 18.3 Å². The summed E-state index contributed by atoms with van der Waals surface area (Å²) < 4.78 is 22.4. The van der Waals surface area contributed by atoms with Crippen molar-refractivity contribution >= 4 is 43.9 Å². The molecule has 3 aromatic carbocycles. The van der Waals surface area contributed by atoms with Crippen LogP contribution in [0.1, 0.15) is 18.1 Å². The molecule has 0 N–H and O–H groups in total. The Balaban J connectivity index is 1.26. The average molecular weight is 543 g/mol. The summed E-state index contributed by atoms with van der Waals surface area (Å²) in [4.78, 5) is 26.2. The SMILES string of the molecule is COc1cc(OC)c2cc(C3=CC(C)C4C=C(c5cc6ccc7ccccc7c6oc5=O)C=CC4=C3)c(=O)oc2c1. The fourth-order valence-corrected chi connectivity index (χ4v) is 5.90. The zero-order valence-corrected chi connectivity index (χ0v) is 22.8. The average Bonchev–Trinajstić information content (AvgIpc) is 2.99. The molecule has 2 heterocycles. The van der Waals surface area contributed by atoms with Gasteiger partial charge in [0, 0.05) is 28.8 Å². The molecule has 6 nitrogen and oxygen atoms in total. The van der Waals surface area contributed by atoms with E-state index in [1.54, 1.807) is 26.4 Å². The molecule has 0 spiro atoms. The van der Waals surface area contributed by atoms with E-state index in [2.05, 4.69) is 19.1 Å². The van der Waals surface area contributed by atoms with Gasteiger partial charge in [-0.2, -0.15) is 0 Å². The number of fused-ring (bicyclic) bond motifs is 5. The Morgan fingerprint density at radius 1 is 0.732 bits per heavy atom. The van der Waals surface area contributed by atoms with Crippen LogP contribution in [0, 0.1) is 11.8 Å². The third kappa shape index (κ3) is 4.11. The van der Waals surface area contributed by atoms with Crippen LogP contribution in [-0.2, 0) is 0 Å². The second-order valence-electron chi connectivity index (χ2n) is 10.4. The van der Waals surface area contributed by atoms with E-state index in [9.17, 15) is 9.59 Å². The Bertz CT molecular complexity index is 2140. The summed E-state index contributed by atoms with van der Waals surface area (Å²) in [6.07, 6.45) is 10.2. The maximum atomic E-state index is 13.2. The summed E-state index contributed by atoms with van der Waals surface area (Å²) in [5.74, 6) is 1.21. The zero-order valence-electron chi connectivity index (χ0n) is 22.8. The van der Waals surface area contributed by atoms with Crippen molar-refractivity contribution in [3.05, 3.63) is 129 Å². The summed E-state index contributed by atoms with van der Waals surface area (Å²) >= 11 is 0. The number of benzene rings is 3. The van der Waals surface area contributed by atoms with E-state index in [4.69, 9.17) is 18.3 Å². The highest BCUT2D eigenvalue weighted by atomic mass is 16.5. The van der Waals surface area contributed by atoms with E-state index in [1.807, 2.05) is 66.8 Å². The molecule has 2 aliphatic carbocycles. The Kier molecular flexibility index (Phi) is 5.78. The minimum Gasteiger partial charge on any atom is -0.496 e. The standard InChI is InChI=1S/C35H26O6/c1-19-12-24(29-18-30-31(39-3)16-25(38-2)17-32(30)40-34(29)36)13-21-9-10-22(14-27(19)21)28-15-23-11-8-20-6-4-5-7-26(20)33(23)41-35(28)37/h4-19,27H,1-3H3. The van der Waals surface area contributed by atoms with Crippen LogP contribution in [0.3, 0.4) is 0 Å². The van der Waals surface area contributed by atoms with Gasteiger partial charge in [-0.25, -0.2) is 9.59 Å². The maximum Gasteiger partial charge on any atom is 0.344 e. The largest absolute Gasteiger partial charge is 0.496 e. The van der Waals surface area contributed by atoms with Crippen molar-refractivity contribution in [3.63, 3.8) is 0 Å². The van der Waals surface area contributed by atoms with Crippen molar-refractivity contribution in [2.45, 2.75) is 6.92 Å². The molecule has 202 valence electrons. The van der Waals surface area contributed by atoms with Crippen molar-refractivity contribution in [1.82, 2.24) is 0 Å². The molecule has 0 saturated heterocycles. The van der Waals surface area contributed by atoms with Crippen LogP contribution in [0.4, 0.5) is 0 Å².